The van der Waals surface area contributed by atoms with E-state index in [1.165, 1.54) is 11.3 Å². The van der Waals surface area contributed by atoms with Crippen LogP contribution in [0.25, 0.3) is 0 Å². The molecule has 1 saturated heterocycles. The van der Waals surface area contributed by atoms with Gasteiger partial charge in [0.15, 0.2) is 0 Å². The normalized spacial score (nSPS) is 16.3. The minimum atomic E-state index is 0.144. The number of aryl methyl sites for hydroxylation is 1. The highest BCUT2D eigenvalue weighted by atomic mass is 35.5. The fourth-order valence-electron chi connectivity index (χ4n) is 2.90. The summed E-state index contributed by atoms with van der Waals surface area (Å²) >= 11 is 7.46. The van der Waals surface area contributed by atoms with Gasteiger partial charge in [0.25, 0.3) is 0 Å². The standard InChI is InChI=1S/C17H23ClN4O2S/c1-13-9-14(19-24-13)10-21-5-7-22(8-6-21)12-17(23)20(2)11-15-3-4-16(18)25-15/h3-4,9H,5-8,10-12H2,1-2H3. The molecule has 3 heterocycles. The maximum absolute atomic E-state index is 12.4. The Kier molecular flexibility index (Phi) is 6.11. The number of rotatable bonds is 6. The Morgan fingerprint density at radius 3 is 2.64 bits per heavy atom. The predicted molar refractivity (Wildman–Crippen MR) is 98.8 cm³/mol. The summed E-state index contributed by atoms with van der Waals surface area (Å²) in [5, 5.41) is 4.04. The van der Waals surface area contributed by atoms with E-state index in [1.54, 1.807) is 4.90 Å². The molecule has 1 aliphatic rings. The van der Waals surface area contributed by atoms with Crippen molar-refractivity contribution in [2.45, 2.75) is 20.0 Å². The second-order valence-electron chi connectivity index (χ2n) is 6.44. The van der Waals surface area contributed by atoms with Crippen molar-refractivity contribution in [3.63, 3.8) is 0 Å². The summed E-state index contributed by atoms with van der Waals surface area (Å²) in [6.07, 6.45) is 0. The maximum Gasteiger partial charge on any atom is 0.236 e. The Hall–Kier alpha value is -1.41. The number of aromatic nitrogens is 1. The minimum Gasteiger partial charge on any atom is -0.361 e. The van der Waals surface area contributed by atoms with E-state index >= 15 is 0 Å². The Balaban J connectivity index is 1.41. The molecule has 1 amide bonds. The van der Waals surface area contributed by atoms with Crippen LogP contribution in [-0.4, -0.2) is 65.5 Å². The molecular formula is C17H23ClN4O2S. The molecule has 3 rings (SSSR count). The lowest BCUT2D eigenvalue weighted by molar-refractivity contribution is -0.132. The molecule has 0 spiro atoms. The van der Waals surface area contributed by atoms with Crippen molar-refractivity contribution in [2.24, 2.45) is 0 Å². The topological polar surface area (TPSA) is 52.8 Å². The summed E-state index contributed by atoms with van der Waals surface area (Å²) in [6.45, 7) is 7.43. The summed E-state index contributed by atoms with van der Waals surface area (Å²) in [4.78, 5) is 19.8. The molecule has 0 aliphatic carbocycles. The highest BCUT2D eigenvalue weighted by molar-refractivity contribution is 7.16. The monoisotopic (exact) mass is 382 g/mol. The molecule has 25 heavy (non-hydrogen) atoms. The number of thiophene rings is 1. The van der Waals surface area contributed by atoms with Crippen LogP contribution >= 0.6 is 22.9 Å². The van der Waals surface area contributed by atoms with Crippen LogP contribution in [0.3, 0.4) is 0 Å². The van der Waals surface area contributed by atoms with E-state index < -0.39 is 0 Å². The van der Waals surface area contributed by atoms with E-state index in [4.69, 9.17) is 16.1 Å². The van der Waals surface area contributed by atoms with Crippen molar-refractivity contribution >= 4 is 28.8 Å². The van der Waals surface area contributed by atoms with Gasteiger partial charge in [-0.25, -0.2) is 0 Å². The number of hydrogen-bond donors (Lipinski definition) is 0. The molecule has 1 fully saturated rings. The highest BCUT2D eigenvalue weighted by Gasteiger charge is 2.21. The van der Waals surface area contributed by atoms with Gasteiger partial charge in [0.05, 0.1) is 23.1 Å². The smallest absolute Gasteiger partial charge is 0.236 e. The lowest BCUT2D eigenvalue weighted by Gasteiger charge is -2.34. The summed E-state index contributed by atoms with van der Waals surface area (Å²) in [7, 11) is 1.85. The van der Waals surface area contributed by atoms with Crippen LogP contribution in [0.5, 0.6) is 0 Å². The van der Waals surface area contributed by atoms with Gasteiger partial charge < -0.3 is 9.42 Å². The number of carbonyl (C=O) groups is 1. The van der Waals surface area contributed by atoms with Crippen molar-refractivity contribution in [1.82, 2.24) is 19.9 Å². The van der Waals surface area contributed by atoms with E-state index in [0.717, 1.165) is 53.4 Å². The third kappa shape index (κ3) is 5.28. The number of likely N-dealkylation sites (N-methyl/N-ethyl adjacent to an activating group) is 1. The number of carbonyl (C=O) groups excluding carboxylic acids is 1. The molecule has 2 aromatic heterocycles. The van der Waals surface area contributed by atoms with E-state index in [1.807, 2.05) is 32.2 Å². The lowest BCUT2D eigenvalue weighted by atomic mass is 10.2. The fourth-order valence-corrected chi connectivity index (χ4v) is 4.04. The third-order valence-corrected chi connectivity index (χ3v) is 5.55. The van der Waals surface area contributed by atoms with Crippen LogP contribution in [0.1, 0.15) is 16.3 Å². The van der Waals surface area contributed by atoms with Crippen LogP contribution < -0.4 is 0 Å². The third-order valence-electron chi connectivity index (χ3n) is 4.33. The van der Waals surface area contributed by atoms with Crippen molar-refractivity contribution in [3.05, 3.63) is 38.9 Å². The molecule has 2 aromatic rings. The van der Waals surface area contributed by atoms with E-state index in [9.17, 15) is 4.79 Å². The van der Waals surface area contributed by atoms with Gasteiger partial charge in [0.2, 0.25) is 5.91 Å². The summed E-state index contributed by atoms with van der Waals surface area (Å²) in [5.41, 5.74) is 0.969. The molecule has 0 N–H and O–H groups in total. The second-order valence-corrected chi connectivity index (χ2v) is 8.24. The molecule has 0 atom stereocenters. The Labute approximate surface area is 156 Å². The van der Waals surface area contributed by atoms with Gasteiger partial charge in [-0.2, -0.15) is 0 Å². The predicted octanol–water partition coefficient (Wildman–Crippen LogP) is 2.47. The summed E-state index contributed by atoms with van der Waals surface area (Å²) in [5.74, 6) is 0.986. The molecule has 1 aliphatic heterocycles. The first kappa shape index (κ1) is 18.4. The van der Waals surface area contributed by atoms with Crippen LogP contribution in [-0.2, 0) is 17.9 Å². The van der Waals surface area contributed by atoms with Gasteiger partial charge in [-0.05, 0) is 19.1 Å². The van der Waals surface area contributed by atoms with Gasteiger partial charge in [-0.15, -0.1) is 11.3 Å². The van der Waals surface area contributed by atoms with Crippen LogP contribution in [0, 0.1) is 6.92 Å². The van der Waals surface area contributed by atoms with Crippen molar-refractivity contribution in [3.8, 4) is 0 Å². The Morgan fingerprint density at radius 1 is 1.32 bits per heavy atom. The highest BCUT2D eigenvalue weighted by Crippen LogP contribution is 2.22. The molecule has 0 radical (unpaired) electrons. The zero-order valence-electron chi connectivity index (χ0n) is 14.6. The van der Waals surface area contributed by atoms with Gasteiger partial charge in [0, 0.05) is 50.7 Å². The number of nitrogens with zero attached hydrogens (tertiary/aromatic N) is 4. The molecule has 0 unspecified atom stereocenters. The zero-order chi connectivity index (χ0) is 17.8. The number of piperazine rings is 1. The van der Waals surface area contributed by atoms with Gasteiger partial charge in [0.1, 0.15) is 5.76 Å². The van der Waals surface area contributed by atoms with Crippen molar-refractivity contribution in [1.29, 1.82) is 0 Å². The molecular weight excluding hydrogens is 360 g/mol. The molecule has 6 nitrogen and oxygen atoms in total. The first-order chi connectivity index (χ1) is 12.0. The molecule has 0 saturated carbocycles. The van der Waals surface area contributed by atoms with E-state index in [-0.39, 0.29) is 5.91 Å². The second kappa shape index (κ2) is 8.31. The SMILES string of the molecule is Cc1cc(CN2CCN(CC(=O)N(C)Cc3ccc(Cl)s3)CC2)no1. The first-order valence-electron chi connectivity index (χ1n) is 8.34. The van der Waals surface area contributed by atoms with Crippen LogP contribution in [0.4, 0.5) is 0 Å². The lowest BCUT2D eigenvalue weighted by Crippen LogP contribution is -2.49. The average molecular weight is 383 g/mol. The molecule has 136 valence electrons. The van der Waals surface area contributed by atoms with Gasteiger partial charge in [-0.3, -0.25) is 14.6 Å². The van der Waals surface area contributed by atoms with E-state index in [0.29, 0.717) is 13.1 Å². The maximum atomic E-state index is 12.4. The van der Waals surface area contributed by atoms with Crippen molar-refractivity contribution in [2.75, 3.05) is 39.8 Å². The largest absolute Gasteiger partial charge is 0.361 e. The first-order valence-corrected chi connectivity index (χ1v) is 9.54. The number of amides is 1. The fraction of sp³-hybridized carbons (Fsp3) is 0.529. The van der Waals surface area contributed by atoms with Crippen LogP contribution in [0.15, 0.2) is 22.7 Å². The Bertz CT molecular complexity index is 709. The summed E-state index contributed by atoms with van der Waals surface area (Å²) < 4.78 is 5.87. The molecule has 0 bridgehead atoms. The molecule has 8 heteroatoms. The minimum absolute atomic E-state index is 0.144. The quantitative estimate of drug-likeness (QED) is 0.768. The average Bonchev–Trinajstić information content (AvgIpc) is 3.17. The number of hydrogen-bond acceptors (Lipinski definition) is 6. The van der Waals surface area contributed by atoms with Crippen molar-refractivity contribution < 1.29 is 9.32 Å². The zero-order valence-corrected chi connectivity index (χ0v) is 16.1. The Morgan fingerprint density at radius 2 is 2.04 bits per heavy atom. The van der Waals surface area contributed by atoms with Crippen LogP contribution in [0.2, 0.25) is 4.34 Å². The van der Waals surface area contributed by atoms with Gasteiger partial charge >= 0.3 is 0 Å². The molecule has 0 aromatic carbocycles. The van der Waals surface area contributed by atoms with E-state index in [2.05, 4.69) is 15.0 Å². The summed E-state index contributed by atoms with van der Waals surface area (Å²) in [6, 6.07) is 5.82. The van der Waals surface area contributed by atoms with Gasteiger partial charge in [-0.1, -0.05) is 16.8 Å². The number of halogens is 1.